The van der Waals surface area contributed by atoms with Crippen molar-refractivity contribution in [2.45, 2.75) is 18.6 Å². The predicted molar refractivity (Wildman–Crippen MR) is 48.4 cm³/mol. The number of hydrogen-bond donors (Lipinski definition) is 0. The maximum Gasteiger partial charge on any atom is 0.390 e. The molecular weight excluding hydrogens is 207 g/mol. The fraction of sp³-hybridized carbons (Fsp3) is 0.667. The molecule has 0 aromatic carbocycles. The van der Waals surface area contributed by atoms with Crippen LogP contribution in [0.1, 0.15) is 12.5 Å². The van der Waals surface area contributed by atoms with E-state index >= 15 is 0 Å². The minimum absolute atomic E-state index is 0.0985. The molecule has 0 radical (unpaired) electrons. The van der Waals surface area contributed by atoms with Crippen molar-refractivity contribution in [2.24, 2.45) is 0 Å². The van der Waals surface area contributed by atoms with Crippen LogP contribution in [-0.4, -0.2) is 40.5 Å². The van der Waals surface area contributed by atoms with Gasteiger partial charge in [0.15, 0.2) is 0 Å². The Morgan fingerprint density at radius 1 is 1.33 bits per heavy atom. The molecule has 1 fully saturated rings. The first kappa shape index (κ1) is 10.5. The van der Waals surface area contributed by atoms with Crippen LogP contribution in [0.15, 0.2) is 18.5 Å². The maximum absolute atomic E-state index is 11.9. The van der Waals surface area contributed by atoms with Gasteiger partial charge in [0, 0.05) is 32.0 Å². The molecule has 0 atom stereocenters. The van der Waals surface area contributed by atoms with Crippen LogP contribution in [0.25, 0.3) is 0 Å². The van der Waals surface area contributed by atoms with Crippen molar-refractivity contribution in [2.75, 3.05) is 19.6 Å². The van der Waals surface area contributed by atoms with Gasteiger partial charge in [-0.05, 0) is 6.07 Å². The van der Waals surface area contributed by atoms with Crippen molar-refractivity contribution < 1.29 is 13.2 Å². The summed E-state index contributed by atoms with van der Waals surface area (Å²) in [4.78, 5) is 1.79. The van der Waals surface area contributed by atoms with Crippen LogP contribution in [0, 0.1) is 0 Å². The molecule has 1 aliphatic heterocycles. The number of aromatic nitrogens is 2. The second kappa shape index (κ2) is 3.84. The molecule has 0 bridgehead atoms. The first-order valence-corrected chi connectivity index (χ1v) is 4.83. The lowest BCUT2D eigenvalue weighted by atomic mass is 10.1. The van der Waals surface area contributed by atoms with Gasteiger partial charge >= 0.3 is 6.18 Å². The third kappa shape index (κ3) is 2.71. The number of nitrogens with zero attached hydrogens (tertiary/aromatic N) is 3. The molecule has 0 unspecified atom stereocenters. The molecule has 0 N–H and O–H groups in total. The number of likely N-dealkylation sites (tertiary alicyclic amines) is 1. The van der Waals surface area contributed by atoms with Crippen LogP contribution in [0.4, 0.5) is 13.2 Å². The first-order valence-electron chi connectivity index (χ1n) is 4.83. The molecule has 0 amide bonds. The van der Waals surface area contributed by atoms with Crippen LogP contribution < -0.4 is 0 Å². The summed E-state index contributed by atoms with van der Waals surface area (Å²) < 4.78 is 37.5. The number of halogens is 3. The van der Waals surface area contributed by atoms with E-state index in [4.69, 9.17) is 0 Å². The number of hydrogen-bond acceptors (Lipinski definition) is 2. The van der Waals surface area contributed by atoms with Crippen LogP contribution in [0.5, 0.6) is 0 Å². The first-order chi connectivity index (χ1) is 7.04. The topological polar surface area (TPSA) is 21.1 Å². The molecule has 2 rings (SSSR count). The summed E-state index contributed by atoms with van der Waals surface area (Å²) in [6, 6.07) is 2.06. The van der Waals surface area contributed by atoms with Crippen LogP contribution >= 0.6 is 0 Å². The lowest BCUT2D eigenvalue weighted by Crippen LogP contribution is -2.48. The van der Waals surface area contributed by atoms with Gasteiger partial charge in [-0.2, -0.15) is 18.3 Å². The molecule has 3 nitrogen and oxygen atoms in total. The summed E-state index contributed by atoms with van der Waals surface area (Å²) in [7, 11) is 0. The zero-order valence-corrected chi connectivity index (χ0v) is 8.11. The summed E-state index contributed by atoms with van der Waals surface area (Å²) in [5, 5.41) is 4.05. The molecule has 1 aromatic heterocycles. The molecular formula is C9H12F3N3. The molecule has 1 aliphatic rings. The van der Waals surface area contributed by atoms with E-state index in [0.29, 0.717) is 13.1 Å². The maximum atomic E-state index is 11.9. The zero-order chi connectivity index (χ0) is 10.9. The smallest absolute Gasteiger partial charge is 0.299 e. The van der Waals surface area contributed by atoms with Crippen LogP contribution in [-0.2, 0) is 0 Å². The largest absolute Gasteiger partial charge is 0.390 e. The van der Waals surface area contributed by atoms with Gasteiger partial charge in [0.1, 0.15) is 0 Å². The fourth-order valence-electron chi connectivity index (χ4n) is 1.67. The minimum Gasteiger partial charge on any atom is -0.299 e. The summed E-state index contributed by atoms with van der Waals surface area (Å²) in [6.07, 6.45) is -1.25. The Morgan fingerprint density at radius 2 is 2.07 bits per heavy atom. The minimum atomic E-state index is -4.04. The Balaban J connectivity index is 1.70. The van der Waals surface area contributed by atoms with E-state index in [1.807, 2.05) is 12.3 Å². The molecule has 6 heteroatoms. The number of alkyl halides is 3. The van der Waals surface area contributed by atoms with Crippen LogP contribution in [0.3, 0.4) is 0 Å². The third-order valence-electron chi connectivity index (χ3n) is 2.55. The Kier molecular flexibility index (Phi) is 2.68. The van der Waals surface area contributed by atoms with E-state index in [1.54, 1.807) is 15.8 Å². The molecule has 1 aromatic rings. The summed E-state index contributed by atoms with van der Waals surface area (Å²) in [6.45, 7) is 1.43. The van der Waals surface area contributed by atoms with E-state index in [9.17, 15) is 13.2 Å². The van der Waals surface area contributed by atoms with Gasteiger partial charge in [-0.3, -0.25) is 9.58 Å². The fourth-order valence-corrected chi connectivity index (χ4v) is 1.67. The lowest BCUT2D eigenvalue weighted by Gasteiger charge is -2.39. The molecule has 1 saturated heterocycles. The van der Waals surface area contributed by atoms with Crippen molar-refractivity contribution in [1.82, 2.24) is 14.7 Å². The van der Waals surface area contributed by atoms with E-state index in [1.165, 1.54) is 0 Å². The summed E-state index contributed by atoms with van der Waals surface area (Å²) in [5.41, 5.74) is 0. The molecule has 0 aliphatic carbocycles. The summed E-state index contributed by atoms with van der Waals surface area (Å²) >= 11 is 0. The third-order valence-corrected chi connectivity index (χ3v) is 2.55. The van der Waals surface area contributed by atoms with E-state index in [0.717, 1.165) is 0 Å². The summed E-state index contributed by atoms with van der Waals surface area (Å²) in [5.74, 6) is 0. The second-order valence-corrected chi connectivity index (χ2v) is 3.76. The number of rotatable bonds is 3. The standard InChI is InChI=1S/C9H12F3N3/c10-9(11,12)2-5-14-6-8(7-14)15-4-1-3-13-15/h1,3-4,8H,2,5-7H2. The normalized spacial score (nSPS) is 19.1. The highest BCUT2D eigenvalue weighted by Crippen LogP contribution is 2.24. The Bertz CT molecular complexity index is 301. The highest BCUT2D eigenvalue weighted by atomic mass is 19.4. The molecule has 0 spiro atoms. The van der Waals surface area contributed by atoms with Crippen LogP contribution in [0.2, 0.25) is 0 Å². The molecule has 2 heterocycles. The Hall–Kier alpha value is -1.04. The van der Waals surface area contributed by atoms with Gasteiger partial charge in [-0.25, -0.2) is 0 Å². The van der Waals surface area contributed by atoms with Crippen molar-refractivity contribution in [1.29, 1.82) is 0 Å². The average Bonchev–Trinajstić information content (AvgIpc) is 2.51. The molecule has 0 saturated carbocycles. The van der Waals surface area contributed by atoms with Crippen molar-refractivity contribution in [3.05, 3.63) is 18.5 Å². The van der Waals surface area contributed by atoms with Gasteiger partial charge < -0.3 is 0 Å². The van der Waals surface area contributed by atoms with Gasteiger partial charge in [0.2, 0.25) is 0 Å². The van der Waals surface area contributed by atoms with E-state index in [2.05, 4.69) is 5.10 Å². The molecule has 15 heavy (non-hydrogen) atoms. The quantitative estimate of drug-likeness (QED) is 0.771. The van der Waals surface area contributed by atoms with E-state index < -0.39 is 12.6 Å². The second-order valence-electron chi connectivity index (χ2n) is 3.76. The highest BCUT2D eigenvalue weighted by Gasteiger charge is 2.33. The van der Waals surface area contributed by atoms with Gasteiger partial charge in [0.25, 0.3) is 0 Å². The molecule has 84 valence electrons. The van der Waals surface area contributed by atoms with E-state index in [-0.39, 0.29) is 12.6 Å². The van der Waals surface area contributed by atoms with Gasteiger partial charge in [-0.1, -0.05) is 0 Å². The predicted octanol–water partition coefficient (Wildman–Crippen LogP) is 1.69. The van der Waals surface area contributed by atoms with Crippen molar-refractivity contribution in [3.8, 4) is 0 Å². The average molecular weight is 219 g/mol. The zero-order valence-electron chi connectivity index (χ0n) is 8.11. The van der Waals surface area contributed by atoms with Gasteiger partial charge in [0.05, 0.1) is 12.5 Å². The lowest BCUT2D eigenvalue weighted by molar-refractivity contribution is -0.141. The highest BCUT2D eigenvalue weighted by molar-refractivity contribution is 4.89. The SMILES string of the molecule is FC(F)(F)CCN1CC(n2cccn2)C1. The van der Waals surface area contributed by atoms with Crippen molar-refractivity contribution in [3.63, 3.8) is 0 Å². The van der Waals surface area contributed by atoms with Gasteiger partial charge in [-0.15, -0.1) is 0 Å². The van der Waals surface area contributed by atoms with Crippen molar-refractivity contribution >= 4 is 0 Å². The Morgan fingerprint density at radius 3 is 2.60 bits per heavy atom. The monoisotopic (exact) mass is 219 g/mol. The Labute approximate surface area is 85.5 Å².